The van der Waals surface area contributed by atoms with Crippen LogP contribution >= 0.6 is 0 Å². The van der Waals surface area contributed by atoms with E-state index in [0.29, 0.717) is 35.1 Å². The maximum atomic E-state index is 14.2. The number of carbonyl (C=O) groups is 1. The molecule has 3 aliphatic rings. The monoisotopic (exact) mass is 548 g/mol. The Labute approximate surface area is 240 Å². The number of ether oxygens (including phenoxy) is 1. The Morgan fingerprint density at radius 3 is 2.73 bits per heavy atom. The minimum Gasteiger partial charge on any atom is -0.378 e. The summed E-state index contributed by atoms with van der Waals surface area (Å²) < 4.78 is 19.8. The predicted octanol–water partition coefficient (Wildman–Crippen LogP) is 6.07. The summed E-state index contributed by atoms with van der Waals surface area (Å²) >= 11 is 0. The fourth-order valence-corrected chi connectivity index (χ4v) is 5.45. The van der Waals surface area contributed by atoms with E-state index < -0.39 is 0 Å². The van der Waals surface area contributed by atoms with Crippen LogP contribution in [0.4, 0.5) is 10.1 Å². The Balaban J connectivity index is 1.27. The van der Waals surface area contributed by atoms with Crippen molar-refractivity contribution >= 4 is 22.9 Å². The number of hydrogen-bond acceptors (Lipinski definition) is 5. The van der Waals surface area contributed by atoms with Crippen LogP contribution in [0.1, 0.15) is 30.0 Å². The largest absolute Gasteiger partial charge is 0.378 e. The van der Waals surface area contributed by atoms with Crippen LogP contribution in [0.5, 0.6) is 0 Å². The lowest BCUT2D eigenvalue weighted by atomic mass is 9.94. The molecule has 1 aliphatic carbocycles. The number of aryl methyl sites for hydroxylation is 1. The molecule has 6 rings (SSSR count). The fourth-order valence-electron chi connectivity index (χ4n) is 5.45. The van der Waals surface area contributed by atoms with Gasteiger partial charge in [-0.2, -0.15) is 0 Å². The molecule has 208 valence electrons. The maximum Gasteiger partial charge on any atom is 0.274 e. The number of aromatic nitrogens is 1. The number of morpholine rings is 1. The van der Waals surface area contributed by atoms with E-state index in [1.807, 2.05) is 0 Å². The first-order valence-corrected chi connectivity index (χ1v) is 14.2. The minimum atomic E-state index is -0.336. The molecule has 2 aromatic carbocycles. The van der Waals surface area contributed by atoms with Gasteiger partial charge in [-0.1, -0.05) is 49.4 Å². The van der Waals surface area contributed by atoms with Crippen molar-refractivity contribution < 1.29 is 13.9 Å². The number of aliphatic imine (C=N–C) groups is 1. The molecule has 1 aromatic heterocycles. The van der Waals surface area contributed by atoms with E-state index in [1.165, 1.54) is 11.8 Å². The molecule has 1 unspecified atom stereocenters. The Morgan fingerprint density at radius 1 is 1.07 bits per heavy atom. The Bertz CT molecular complexity index is 1570. The second kappa shape index (κ2) is 12.0. The molecule has 3 aromatic rings. The van der Waals surface area contributed by atoms with E-state index in [9.17, 15) is 9.18 Å². The van der Waals surface area contributed by atoms with Gasteiger partial charge >= 0.3 is 0 Å². The average Bonchev–Trinajstić information content (AvgIpc) is 3.34. The number of allylic oxidation sites excluding steroid dienone is 5. The van der Waals surface area contributed by atoms with Crippen molar-refractivity contribution in [3.8, 4) is 11.3 Å². The Hall–Kier alpha value is -4.36. The standard InChI is InChI=1S/C34H33FN4O2/c1-23-8-9-25(20-28(19-23)39-15-17-41-18-16-39)26-11-10-24-5-4-14-36-33(30(24)21-26)34(40)38-27-12-13-32(37-22-27)29-6-2-3-7-31(29)35/h2-3,6-13,19-23H,4-5,14-18H2,1H3,(H,38,40). The number of rotatable bonds is 5. The van der Waals surface area contributed by atoms with Gasteiger partial charge in [0.05, 0.1) is 30.8 Å². The highest BCUT2D eigenvalue weighted by Crippen LogP contribution is 2.29. The number of carbonyl (C=O) groups excluding carboxylic acids is 1. The highest BCUT2D eigenvalue weighted by atomic mass is 19.1. The fraction of sp³-hybridized carbons (Fsp3) is 0.265. The minimum absolute atomic E-state index is 0.279. The van der Waals surface area contributed by atoms with Gasteiger partial charge in [-0.25, -0.2) is 4.39 Å². The lowest BCUT2D eigenvalue weighted by Crippen LogP contribution is -2.35. The molecule has 0 saturated carbocycles. The van der Waals surface area contributed by atoms with E-state index in [-0.39, 0.29) is 11.7 Å². The molecule has 41 heavy (non-hydrogen) atoms. The van der Waals surface area contributed by atoms with Crippen LogP contribution in [0.2, 0.25) is 0 Å². The molecule has 0 spiro atoms. The number of amides is 1. The van der Waals surface area contributed by atoms with E-state index in [2.05, 4.69) is 64.6 Å². The SMILES string of the molecule is CC1C=CC(c2ccc3c(c2)C(C(=O)Nc2ccc(-c4ccccc4F)nc2)=NCCC3)=CC(N2CCOCC2)=C1. The first-order chi connectivity index (χ1) is 20.0. The molecular formula is C34H33FN4O2. The van der Waals surface area contributed by atoms with Crippen LogP contribution in [0, 0.1) is 11.7 Å². The molecule has 1 N–H and O–H groups in total. The highest BCUT2D eigenvalue weighted by Gasteiger charge is 2.22. The number of hydrogen-bond donors (Lipinski definition) is 1. The molecular weight excluding hydrogens is 515 g/mol. The normalized spacial score (nSPS) is 18.8. The van der Waals surface area contributed by atoms with Crippen LogP contribution in [0.25, 0.3) is 16.8 Å². The predicted molar refractivity (Wildman–Crippen MR) is 161 cm³/mol. The van der Waals surface area contributed by atoms with E-state index in [0.717, 1.165) is 61.4 Å². The van der Waals surface area contributed by atoms with Crippen LogP contribution in [0.3, 0.4) is 0 Å². The molecule has 1 saturated heterocycles. The van der Waals surface area contributed by atoms with Crippen LogP contribution in [0.15, 0.2) is 95.8 Å². The van der Waals surface area contributed by atoms with E-state index in [4.69, 9.17) is 9.73 Å². The van der Waals surface area contributed by atoms with Crippen molar-refractivity contribution in [3.63, 3.8) is 0 Å². The Kier molecular flexibility index (Phi) is 7.87. The van der Waals surface area contributed by atoms with Crippen LogP contribution in [-0.2, 0) is 16.0 Å². The first-order valence-electron chi connectivity index (χ1n) is 14.2. The number of pyridine rings is 1. The number of benzene rings is 2. The third-order valence-corrected chi connectivity index (χ3v) is 7.65. The summed E-state index contributed by atoms with van der Waals surface area (Å²) in [5, 5.41) is 2.96. The molecule has 1 atom stereocenters. The second-order valence-electron chi connectivity index (χ2n) is 10.6. The summed E-state index contributed by atoms with van der Waals surface area (Å²) in [5.74, 6) is -0.306. The quantitative estimate of drug-likeness (QED) is 0.421. The van der Waals surface area contributed by atoms with Gasteiger partial charge in [0.25, 0.3) is 5.91 Å². The van der Waals surface area contributed by atoms with E-state index in [1.54, 1.807) is 36.5 Å². The summed E-state index contributed by atoms with van der Waals surface area (Å²) in [6, 6.07) is 16.3. The lowest BCUT2D eigenvalue weighted by Gasteiger charge is -2.30. The average molecular weight is 549 g/mol. The molecule has 0 bridgehead atoms. The van der Waals surface area contributed by atoms with Crippen molar-refractivity contribution in [2.75, 3.05) is 38.2 Å². The van der Waals surface area contributed by atoms with Gasteiger partial charge in [0.2, 0.25) is 0 Å². The van der Waals surface area contributed by atoms with Crippen LogP contribution in [-0.4, -0.2) is 54.4 Å². The number of nitrogens with zero attached hydrogens (tertiary/aromatic N) is 3. The maximum absolute atomic E-state index is 14.2. The molecule has 6 nitrogen and oxygen atoms in total. The van der Waals surface area contributed by atoms with Crippen molar-refractivity contribution in [1.29, 1.82) is 0 Å². The van der Waals surface area contributed by atoms with Gasteiger partial charge < -0.3 is 15.0 Å². The second-order valence-corrected chi connectivity index (χ2v) is 10.6. The molecule has 3 heterocycles. The smallest absolute Gasteiger partial charge is 0.274 e. The molecule has 1 fully saturated rings. The first kappa shape index (κ1) is 26.8. The van der Waals surface area contributed by atoms with Gasteiger partial charge in [-0.05, 0) is 71.9 Å². The zero-order valence-electron chi connectivity index (χ0n) is 23.1. The lowest BCUT2D eigenvalue weighted by molar-refractivity contribution is -0.110. The molecule has 1 amide bonds. The van der Waals surface area contributed by atoms with Crippen LogP contribution < -0.4 is 5.32 Å². The molecule has 2 aliphatic heterocycles. The topological polar surface area (TPSA) is 66.8 Å². The third kappa shape index (κ3) is 6.05. The summed E-state index contributed by atoms with van der Waals surface area (Å²) in [5.41, 5.74) is 7.21. The third-order valence-electron chi connectivity index (χ3n) is 7.65. The Morgan fingerprint density at radius 2 is 1.93 bits per heavy atom. The highest BCUT2D eigenvalue weighted by molar-refractivity contribution is 6.49. The zero-order valence-corrected chi connectivity index (χ0v) is 23.1. The van der Waals surface area contributed by atoms with Gasteiger partial charge in [0.1, 0.15) is 11.5 Å². The number of nitrogens with one attached hydrogen (secondary N) is 1. The van der Waals surface area contributed by atoms with Gasteiger partial charge in [-0.15, -0.1) is 0 Å². The van der Waals surface area contributed by atoms with Gasteiger partial charge in [-0.3, -0.25) is 14.8 Å². The number of anilines is 1. The van der Waals surface area contributed by atoms with Crippen molar-refractivity contribution in [2.45, 2.75) is 19.8 Å². The van der Waals surface area contributed by atoms with Crippen molar-refractivity contribution in [2.24, 2.45) is 10.9 Å². The molecule has 7 heteroatoms. The van der Waals surface area contributed by atoms with Crippen molar-refractivity contribution in [1.82, 2.24) is 9.88 Å². The van der Waals surface area contributed by atoms with Crippen molar-refractivity contribution in [3.05, 3.63) is 113 Å². The van der Waals surface area contributed by atoms with Gasteiger partial charge in [0, 0.05) is 36.5 Å². The summed E-state index contributed by atoms with van der Waals surface area (Å²) in [6.07, 6.45) is 12.2. The summed E-state index contributed by atoms with van der Waals surface area (Å²) in [4.78, 5) is 25.0. The van der Waals surface area contributed by atoms with Gasteiger partial charge in [0.15, 0.2) is 0 Å². The molecule has 0 radical (unpaired) electrons. The summed E-state index contributed by atoms with van der Waals surface area (Å²) in [7, 11) is 0. The summed E-state index contributed by atoms with van der Waals surface area (Å²) in [6.45, 7) is 5.99. The zero-order chi connectivity index (χ0) is 28.2. The number of fused-ring (bicyclic) bond motifs is 1. The number of halogens is 1. The van der Waals surface area contributed by atoms with E-state index >= 15 is 0 Å².